The molecule has 0 aromatic heterocycles. The van der Waals surface area contributed by atoms with Gasteiger partial charge in [0, 0.05) is 13.1 Å². The maximum absolute atomic E-state index is 11.8. The fraction of sp³-hybridized carbons (Fsp3) is 0.818. The first-order valence-corrected chi connectivity index (χ1v) is 5.39. The average Bonchev–Trinajstić information content (AvgIpc) is 2.21. The summed E-state index contributed by atoms with van der Waals surface area (Å²) in [7, 11) is 0. The van der Waals surface area contributed by atoms with Crippen LogP contribution in [0.1, 0.15) is 40.0 Å². The zero-order valence-corrected chi connectivity index (χ0v) is 9.42. The van der Waals surface area contributed by atoms with Crippen molar-refractivity contribution in [2.75, 3.05) is 13.1 Å². The third-order valence-electron chi connectivity index (χ3n) is 2.22. The summed E-state index contributed by atoms with van der Waals surface area (Å²) in [5.41, 5.74) is 0. The van der Waals surface area contributed by atoms with Gasteiger partial charge in [-0.25, -0.2) is 0 Å². The van der Waals surface area contributed by atoms with Crippen molar-refractivity contribution in [1.82, 2.24) is 4.90 Å². The lowest BCUT2D eigenvalue weighted by atomic mass is 10.0. The van der Waals surface area contributed by atoms with Crippen LogP contribution in [0.15, 0.2) is 0 Å². The van der Waals surface area contributed by atoms with Gasteiger partial charge in [0.25, 0.3) is 0 Å². The third kappa shape index (κ3) is 3.78. The standard InChI is InChI=1S/C11H20N2O/c1-4-7-10(9-12)11(14)13(6-3)8-5-2/h10H,4-8H2,1-3H3. The van der Waals surface area contributed by atoms with Crippen LogP contribution in [0.25, 0.3) is 0 Å². The van der Waals surface area contributed by atoms with Crippen LogP contribution in [-0.4, -0.2) is 23.9 Å². The SMILES string of the molecule is CCCC(C#N)C(=O)N(CC)CCC. The normalized spacial score (nSPS) is 11.9. The highest BCUT2D eigenvalue weighted by atomic mass is 16.2. The van der Waals surface area contributed by atoms with Gasteiger partial charge in [0.1, 0.15) is 5.92 Å². The van der Waals surface area contributed by atoms with E-state index in [1.165, 1.54) is 0 Å². The van der Waals surface area contributed by atoms with Crippen LogP contribution in [0.4, 0.5) is 0 Å². The van der Waals surface area contributed by atoms with Crippen LogP contribution >= 0.6 is 0 Å². The molecule has 80 valence electrons. The molecule has 0 fully saturated rings. The second-order valence-electron chi connectivity index (χ2n) is 3.39. The molecule has 0 aromatic carbocycles. The molecule has 3 heteroatoms. The first-order chi connectivity index (χ1) is 6.71. The second-order valence-corrected chi connectivity index (χ2v) is 3.39. The van der Waals surface area contributed by atoms with Crippen molar-refractivity contribution in [3.05, 3.63) is 0 Å². The molecule has 0 spiro atoms. The number of nitriles is 1. The minimum atomic E-state index is -0.438. The van der Waals surface area contributed by atoms with Crippen molar-refractivity contribution in [3.8, 4) is 6.07 Å². The van der Waals surface area contributed by atoms with E-state index in [-0.39, 0.29) is 5.91 Å². The number of rotatable bonds is 6. The minimum absolute atomic E-state index is 0.00120. The van der Waals surface area contributed by atoms with Gasteiger partial charge >= 0.3 is 0 Å². The molecular weight excluding hydrogens is 176 g/mol. The molecule has 1 amide bonds. The van der Waals surface area contributed by atoms with Crippen molar-refractivity contribution >= 4 is 5.91 Å². The zero-order valence-electron chi connectivity index (χ0n) is 9.42. The smallest absolute Gasteiger partial charge is 0.239 e. The first-order valence-electron chi connectivity index (χ1n) is 5.39. The Kier molecular flexibility index (Phi) is 6.82. The number of hydrogen-bond acceptors (Lipinski definition) is 2. The number of hydrogen-bond donors (Lipinski definition) is 0. The fourth-order valence-corrected chi connectivity index (χ4v) is 1.45. The summed E-state index contributed by atoms with van der Waals surface area (Å²) >= 11 is 0. The number of carbonyl (C=O) groups excluding carboxylic acids is 1. The summed E-state index contributed by atoms with van der Waals surface area (Å²) in [6.45, 7) is 7.45. The highest BCUT2D eigenvalue weighted by molar-refractivity contribution is 5.81. The molecule has 1 unspecified atom stereocenters. The van der Waals surface area contributed by atoms with Gasteiger partial charge in [0.15, 0.2) is 0 Å². The molecule has 0 heterocycles. The van der Waals surface area contributed by atoms with E-state index in [1.807, 2.05) is 20.8 Å². The second kappa shape index (κ2) is 7.37. The minimum Gasteiger partial charge on any atom is -0.342 e. The first kappa shape index (κ1) is 13.0. The summed E-state index contributed by atoms with van der Waals surface area (Å²) < 4.78 is 0. The van der Waals surface area contributed by atoms with E-state index in [9.17, 15) is 4.79 Å². The van der Waals surface area contributed by atoms with Gasteiger partial charge in [-0.15, -0.1) is 0 Å². The van der Waals surface area contributed by atoms with E-state index in [1.54, 1.807) is 4.90 Å². The third-order valence-corrected chi connectivity index (χ3v) is 2.22. The van der Waals surface area contributed by atoms with Crippen LogP contribution < -0.4 is 0 Å². The highest BCUT2D eigenvalue weighted by Crippen LogP contribution is 2.09. The van der Waals surface area contributed by atoms with Gasteiger partial charge in [-0.05, 0) is 19.8 Å². The summed E-state index contributed by atoms with van der Waals surface area (Å²) in [6.07, 6.45) is 2.51. The Bertz CT molecular complexity index is 208. The molecule has 1 atom stereocenters. The molecule has 0 N–H and O–H groups in total. The van der Waals surface area contributed by atoms with Crippen LogP contribution in [0.3, 0.4) is 0 Å². The van der Waals surface area contributed by atoms with E-state index in [2.05, 4.69) is 6.07 Å². The number of amides is 1. The lowest BCUT2D eigenvalue weighted by molar-refractivity contribution is -0.133. The fourth-order valence-electron chi connectivity index (χ4n) is 1.45. The highest BCUT2D eigenvalue weighted by Gasteiger charge is 2.21. The van der Waals surface area contributed by atoms with E-state index in [4.69, 9.17) is 5.26 Å². The van der Waals surface area contributed by atoms with Crippen LogP contribution in [0.5, 0.6) is 0 Å². The zero-order chi connectivity index (χ0) is 11.0. The van der Waals surface area contributed by atoms with Crippen LogP contribution in [-0.2, 0) is 4.79 Å². The van der Waals surface area contributed by atoms with Gasteiger partial charge < -0.3 is 4.90 Å². The monoisotopic (exact) mass is 196 g/mol. The van der Waals surface area contributed by atoms with Gasteiger partial charge in [-0.1, -0.05) is 20.3 Å². The van der Waals surface area contributed by atoms with E-state index < -0.39 is 5.92 Å². The molecule has 3 nitrogen and oxygen atoms in total. The van der Waals surface area contributed by atoms with Crippen molar-refractivity contribution in [1.29, 1.82) is 5.26 Å². The largest absolute Gasteiger partial charge is 0.342 e. The maximum atomic E-state index is 11.8. The van der Waals surface area contributed by atoms with Crippen molar-refractivity contribution < 1.29 is 4.79 Å². The number of nitrogens with zero attached hydrogens (tertiary/aromatic N) is 2. The van der Waals surface area contributed by atoms with Gasteiger partial charge in [-0.2, -0.15) is 5.26 Å². The van der Waals surface area contributed by atoms with Gasteiger partial charge in [0.2, 0.25) is 5.91 Å². The average molecular weight is 196 g/mol. The molecule has 14 heavy (non-hydrogen) atoms. The Hall–Kier alpha value is -1.04. The molecule has 0 saturated carbocycles. The van der Waals surface area contributed by atoms with E-state index >= 15 is 0 Å². The summed E-state index contributed by atoms with van der Waals surface area (Å²) in [6, 6.07) is 2.08. The Morgan fingerprint density at radius 1 is 1.36 bits per heavy atom. The Balaban J connectivity index is 4.31. The molecule has 0 aliphatic carbocycles. The lowest BCUT2D eigenvalue weighted by Crippen LogP contribution is -2.36. The summed E-state index contributed by atoms with van der Waals surface area (Å²) in [5, 5.41) is 8.84. The van der Waals surface area contributed by atoms with Crippen molar-refractivity contribution in [3.63, 3.8) is 0 Å². The van der Waals surface area contributed by atoms with Crippen LogP contribution in [0, 0.1) is 17.2 Å². The molecule has 0 aliphatic heterocycles. The molecule has 0 saturated heterocycles. The van der Waals surface area contributed by atoms with Gasteiger partial charge in [0.05, 0.1) is 6.07 Å². The lowest BCUT2D eigenvalue weighted by Gasteiger charge is -2.22. The Morgan fingerprint density at radius 3 is 2.36 bits per heavy atom. The molecule has 0 radical (unpaired) electrons. The van der Waals surface area contributed by atoms with Crippen LogP contribution in [0.2, 0.25) is 0 Å². The Morgan fingerprint density at radius 2 is 2.00 bits per heavy atom. The number of carbonyl (C=O) groups is 1. The van der Waals surface area contributed by atoms with E-state index in [0.717, 1.165) is 19.4 Å². The molecule has 0 aliphatic rings. The predicted molar refractivity (Wildman–Crippen MR) is 56.6 cm³/mol. The summed E-state index contributed by atoms with van der Waals surface area (Å²) in [5.74, 6) is -0.440. The van der Waals surface area contributed by atoms with E-state index in [0.29, 0.717) is 13.0 Å². The molecule has 0 rings (SSSR count). The van der Waals surface area contributed by atoms with Crippen molar-refractivity contribution in [2.45, 2.75) is 40.0 Å². The van der Waals surface area contributed by atoms with Gasteiger partial charge in [-0.3, -0.25) is 4.79 Å². The molecular formula is C11H20N2O. The molecule has 0 aromatic rings. The molecule has 0 bridgehead atoms. The topological polar surface area (TPSA) is 44.1 Å². The summed E-state index contributed by atoms with van der Waals surface area (Å²) in [4.78, 5) is 13.6. The predicted octanol–water partition coefficient (Wildman–Crippen LogP) is 2.18. The maximum Gasteiger partial charge on any atom is 0.239 e. The Labute approximate surface area is 86.7 Å². The van der Waals surface area contributed by atoms with Crippen molar-refractivity contribution in [2.24, 2.45) is 5.92 Å². The quantitative estimate of drug-likeness (QED) is 0.653.